The third-order valence-electron chi connectivity index (χ3n) is 6.06. The first-order valence-electron chi connectivity index (χ1n) is 13.3. The molecule has 2 rings (SSSR count). The molecule has 0 aliphatic rings. The molecule has 0 aliphatic carbocycles. The smallest absolute Gasteiger partial charge is 0.343 e. The lowest BCUT2D eigenvalue weighted by atomic mass is 10.0. The molecule has 0 saturated carbocycles. The molecule has 2 aromatic rings. The average molecular weight is 469 g/mol. The largest absolute Gasteiger partial charge is 0.494 e. The lowest BCUT2D eigenvalue weighted by Crippen LogP contribution is -2.10. The van der Waals surface area contributed by atoms with E-state index in [0.29, 0.717) is 36.2 Å². The van der Waals surface area contributed by atoms with Crippen LogP contribution in [0.5, 0.6) is 17.2 Å². The van der Waals surface area contributed by atoms with Crippen LogP contribution in [0.3, 0.4) is 0 Å². The molecule has 0 fully saturated rings. The lowest BCUT2D eigenvalue weighted by molar-refractivity contribution is 0.0727. The van der Waals surface area contributed by atoms with Gasteiger partial charge in [0.25, 0.3) is 0 Å². The van der Waals surface area contributed by atoms with Crippen molar-refractivity contribution >= 4 is 5.97 Å². The summed E-state index contributed by atoms with van der Waals surface area (Å²) in [5, 5.41) is 0. The molecule has 0 N–H and O–H groups in total. The van der Waals surface area contributed by atoms with Crippen LogP contribution in [-0.4, -0.2) is 19.2 Å². The molecule has 0 aliphatic heterocycles. The van der Waals surface area contributed by atoms with E-state index in [4.69, 9.17) is 14.2 Å². The summed E-state index contributed by atoms with van der Waals surface area (Å²) in [6.45, 7) is 8.00. The van der Waals surface area contributed by atoms with Crippen molar-refractivity contribution in [1.29, 1.82) is 0 Å². The fourth-order valence-corrected chi connectivity index (χ4v) is 3.93. The average Bonchev–Trinajstić information content (AvgIpc) is 2.84. The summed E-state index contributed by atoms with van der Waals surface area (Å²) in [6, 6.07) is 14.5. The summed E-state index contributed by atoms with van der Waals surface area (Å²) in [7, 11) is 0. The predicted molar refractivity (Wildman–Crippen MR) is 140 cm³/mol. The van der Waals surface area contributed by atoms with Crippen LogP contribution >= 0.6 is 0 Å². The van der Waals surface area contributed by atoms with E-state index in [0.717, 1.165) is 18.6 Å². The lowest BCUT2D eigenvalue weighted by Gasteiger charge is -2.14. The van der Waals surface area contributed by atoms with E-state index in [1.807, 2.05) is 30.3 Å². The molecule has 0 radical (unpaired) electrons. The van der Waals surface area contributed by atoms with Crippen molar-refractivity contribution in [2.45, 2.75) is 91.4 Å². The van der Waals surface area contributed by atoms with Gasteiger partial charge in [-0.1, -0.05) is 90.7 Å². The van der Waals surface area contributed by atoms with Crippen molar-refractivity contribution in [3.8, 4) is 17.2 Å². The molecule has 0 heterocycles. The molecular weight excluding hydrogens is 424 g/mol. The van der Waals surface area contributed by atoms with Crippen LogP contribution in [0.15, 0.2) is 48.5 Å². The van der Waals surface area contributed by atoms with Gasteiger partial charge in [-0.15, -0.1) is 0 Å². The third kappa shape index (κ3) is 11.1. The Morgan fingerprint density at radius 1 is 0.706 bits per heavy atom. The maximum atomic E-state index is 12.7. The van der Waals surface area contributed by atoms with E-state index >= 15 is 0 Å². The molecular formula is C30H44O4. The zero-order valence-electron chi connectivity index (χ0n) is 21.5. The molecule has 0 aromatic heterocycles. The minimum Gasteiger partial charge on any atom is -0.494 e. The molecule has 1 atom stereocenters. The Morgan fingerprint density at radius 2 is 1.35 bits per heavy atom. The second kappa shape index (κ2) is 17.0. The van der Waals surface area contributed by atoms with Crippen molar-refractivity contribution in [2.24, 2.45) is 5.92 Å². The highest BCUT2D eigenvalue weighted by Crippen LogP contribution is 2.28. The summed E-state index contributed by atoms with van der Waals surface area (Å²) < 4.78 is 17.4. The van der Waals surface area contributed by atoms with Gasteiger partial charge in [0, 0.05) is 0 Å². The van der Waals surface area contributed by atoms with Crippen LogP contribution in [0.1, 0.15) is 102 Å². The van der Waals surface area contributed by atoms with E-state index in [1.54, 1.807) is 18.2 Å². The third-order valence-corrected chi connectivity index (χ3v) is 6.06. The van der Waals surface area contributed by atoms with Crippen LogP contribution in [0, 0.1) is 5.92 Å². The zero-order valence-corrected chi connectivity index (χ0v) is 21.5. The monoisotopic (exact) mass is 468 g/mol. The first kappa shape index (κ1) is 27.8. The number of hydrogen-bond donors (Lipinski definition) is 0. The summed E-state index contributed by atoms with van der Waals surface area (Å²) in [5.74, 6) is 2.06. The first-order chi connectivity index (χ1) is 16.6. The summed E-state index contributed by atoms with van der Waals surface area (Å²) in [4.78, 5) is 12.7. The molecule has 34 heavy (non-hydrogen) atoms. The van der Waals surface area contributed by atoms with E-state index in [1.165, 1.54) is 57.8 Å². The van der Waals surface area contributed by atoms with Crippen LogP contribution in [0.25, 0.3) is 0 Å². The Bertz CT molecular complexity index is 800. The zero-order chi connectivity index (χ0) is 24.4. The van der Waals surface area contributed by atoms with Crippen molar-refractivity contribution in [2.75, 3.05) is 13.2 Å². The maximum absolute atomic E-state index is 12.7. The number of rotatable bonds is 18. The molecule has 188 valence electrons. The second-order valence-electron chi connectivity index (χ2n) is 9.21. The van der Waals surface area contributed by atoms with Gasteiger partial charge < -0.3 is 14.2 Å². The van der Waals surface area contributed by atoms with Crippen LogP contribution in [0.4, 0.5) is 0 Å². The van der Waals surface area contributed by atoms with Crippen molar-refractivity contribution in [3.05, 3.63) is 54.1 Å². The van der Waals surface area contributed by atoms with Crippen molar-refractivity contribution in [3.63, 3.8) is 0 Å². The van der Waals surface area contributed by atoms with E-state index in [-0.39, 0.29) is 0 Å². The van der Waals surface area contributed by atoms with Gasteiger partial charge in [0.05, 0.1) is 18.8 Å². The Hall–Kier alpha value is -2.49. The topological polar surface area (TPSA) is 44.8 Å². The van der Waals surface area contributed by atoms with Gasteiger partial charge in [0.15, 0.2) is 11.5 Å². The van der Waals surface area contributed by atoms with Gasteiger partial charge >= 0.3 is 5.97 Å². The highest BCUT2D eigenvalue weighted by atomic mass is 16.6. The van der Waals surface area contributed by atoms with Gasteiger partial charge in [0.1, 0.15) is 5.75 Å². The van der Waals surface area contributed by atoms with Crippen LogP contribution in [0.2, 0.25) is 0 Å². The fourth-order valence-electron chi connectivity index (χ4n) is 3.93. The molecule has 0 spiro atoms. The first-order valence-corrected chi connectivity index (χ1v) is 13.3. The molecule has 2 aromatic carbocycles. The Kier molecular flexibility index (Phi) is 13.9. The van der Waals surface area contributed by atoms with Gasteiger partial charge in [0.2, 0.25) is 0 Å². The SMILES string of the molecule is CCCCCCCCCCOc1ccc(C(=O)Oc2ccccc2OCCC(C)CCC)cc1. The van der Waals surface area contributed by atoms with Crippen molar-refractivity contribution < 1.29 is 19.0 Å². The minimum atomic E-state index is -0.398. The molecule has 4 nitrogen and oxygen atoms in total. The summed E-state index contributed by atoms with van der Waals surface area (Å²) in [6.07, 6.45) is 13.6. The van der Waals surface area contributed by atoms with Crippen molar-refractivity contribution in [1.82, 2.24) is 0 Å². The van der Waals surface area contributed by atoms with Crippen LogP contribution < -0.4 is 14.2 Å². The molecule has 4 heteroatoms. The van der Waals surface area contributed by atoms with E-state index in [2.05, 4.69) is 20.8 Å². The maximum Gasteiger partial charge on any atom is 0.343 e. The number of esters is 1. The Morgan fingerprint density at radius 3 is 2.03 bits per heavy atom. The molecule has 0 saturated heterocycles. The number of unbranched alkanes of at least 4 members (excludes halogenated alkanes) is 7. The quantitative estimate of drug-likeness (QED) is 0.125. The van der Waals surface area contributed by atoms with Gasteiger partial charge in [-0.3, -0.25) is 0 Å². The molecule has 0 amide bonds. The number of para-hydroxylation sites is 2. The van der Waals surface area contributed by atoms with Crippen LogP contribution in [-0.2, 0) is 0 Å². The normalized spacial score (nSPS) is 11.7. The number of benzene rings is 2. The van der Waals surface area contributed by atoms with E-state index < -0.39 is 5.97 Å². The number of carbonyl (C=O) groups excluding carboxylic acids is 1. The molecule has 1 unspecified atom stereocenters. The minimum absolute atomic E-state index is 0.398. The van der Waals surface area contributed by atoms with Gasteiger partial charge in [-0.25, -0.2) is 4.79 Å². The van der Waals surface area contributed by atoms with E-state index in [9.17, 15) is 4.79 Å². The number of ether oxygens (including phenoxy) is 3. The Balaban J connectivity index is 1.73. The Labute approximate surface area is 207 Å². The highest BCUT2D eigenvalue weighted by molar-refractivity contribution is 5.91. The number of carbonyl (C=O) groups is 1. The standard InChI is InChI=1S/C30H44O4/c1-4-6-7-8-9-10-11-14-23-32-27-20-18-26(19-21-27)30(31)34-29-17-13-12-16-28(29)33-24-22-25(3)15-5-2/h12-13,16-21,25H,4-11,14-15,22-24H2,1-3H3. The fraction of sp³-hybridized carbons (Fsp3) is 0.567. The predicted octanol–water partition coefficient (Wildman–Crippen LogP) is 8.63. The summed E-state index contributed by atoms with van der Waals surface area (Å²) >= 11 is 0. The highest BCUT2D eigenvalue weighted by Gasteiger charge is 2.13. The molecule has 0 bridgehead atoms. The second-order valence-corrected chi connectivity index (χ2v) is 9.21. The van der Waals surface area contributed by atoms with Gasteiger partial charge in [-0.2, -0.15) is 0 Å². The summed E-state index contributed by atoms with van der Waals surface area (Å²) in [5.41, 5.74) is 0.491. The number of hydrogen-bond acceptors (Lipinski definition) is 4. The van der Waals surface area contributed by atoms with Gasteiger partial charge in [-0.05, 0) is 55.2 Å².